The van der Waals surface area contributed by atoms with Gasteiger partial charge in [-0.25, -0.2) is 8.42 Å². The minimum Gasteiger partial charge on any atom is -0.424 e. The minimum absolute atomic E-state index is 0.0192. The average Bonchev–Trinajstić information content (AvgIpc) is 3.07. The number of oxazole rings is 1. The fraction of sp³-hybridized carbons (Fsp3) is 0.250. The third-order valence-corrected chi connectivity index (χ3v) is 5.67. The summed E-state index contributed by atoms with van der Waals surface area (Å²) in [4.78, 5) is 4.48. The van der Waals surface area contributed by atoms with Gasteiger partial charge in [-0.1, -0.05) is 61.9 Å². The van der Waals surface area contributed by atoms with Gasteiger partial charge in [0.15, 0.2) is 0 Å². The number of aromatic nitrogens is 1. The Morgan fingerprint density at radius 1 is 1.04 bits per heavy atom. The summed E-state index contributed by atoms with van der Waals surface area (Å²) in [5, 5.41) is 3.02. The van der Waals surface area contributed by atoms with Crippen LogP contribution in [0.25, 0.3) is 0 Å². The number of rotatable bonds is 6. The summed E-state index contributed by atoms with van der Waals surface area (Å²) < 4.78 is 31.8. The van der Waals surface area contributed by atoms with E-state index in [2.05, 4.69) is 10.3 Å². The third-order valence-electron chi connectivity index (χ3n) is 3.99. The number of nitrogens with one attached hydrogen (secondary N) is 1. The molecule has 0 bridgehead atoms. The molecular formula is C20H22N2O3S. The second kappa shape index (κ2) is 7.33. The molecule has 0 saturated heterocycles. The second-order valence-corrected chi connectivity index (χ2v) is 8.36. The summed E-state index contributed by atoms with van der Waals surface area (Å²) in [6, 6.07) is 16.4. The molecule has 5 nitrogen and oxygen atoms in total. The predicted octanol–water partition coefficient (Wildman–Crippen LogP) is 4.55. The number of hydrogen-bond acceptors (Lipinski definition) is 5. The molecular weight excluding hydrogens is 348 g/mol. The van der Waals surface area contributed by atoms with Gasteiger partial charge in [0, 0.05) is 12.5 Å². The molecule has 0 spiro atoms. The number of nitrogens with zero attached hydrogens (tertiary/aromatic N) is 1. The maximum atomic E-state index is 13.1. The van der Waals surface area contributed by atoms with E-state index in [4.69, 9.17) is 4.42 Å². The Kier molecular flexibility index (Phi) is 5.13. The number of aryl methyl sites for hydroxylation is 1. The molecule has 0 radical (unpaired) electrons. The van der Waals surface area contributed by atoms with E-state index in [1.165, 1.54) is 0 Å². The first-order valence-electron chi connectivity index (χ1n) is 8.48. The highest BCUT2D eigenvalue weighted by molar-refractivity contribution is 7.91. The van der Waals surface area contributed by atoms with E-state index in [0.29, 0.717) is 12.4 Å². The van der Waals surface area contributed by atoms with Gasteiger partial charge in [0.25, 0.3) is 0 Å². The SMILES string of the molecule is Cc1ccc(S(=O)(=O)c2nc(C(C)C)oc2NCc2ccccc2)cc1. The zero-order chi connectivity index (χ0) is 18.7. The molecule has 1 heterocycles. The Bertz CT molecular complexity index is 976. The smallest absolute Gasteiger partial charge is 0.233 e. The summed E-state index contributed by atoms with van der Waals surface area (Å²) in [7, 11) is -3.77. The average molecular weight is 370 g/mol. The van der Waals surface area contributed by atoms with Crippen molar-refractivity contribution in [1.82, 2.24) is 4.98 Å². The van der Waals surface area contributed by atoms with Gasteiger partial charge in [-0.3, -0.25) is 0 Å². The van der Waals surface area contributed by atoms with Crippen molar-refractivity contribution >= 4 is 15.7 Å². The van der Waals surface area contributed by atoms with E-state index in [1.807, 2.05) is 51.1 Å². The molecule has 0 amide bonds. The van der Waals surface area contributed by atoms with Gasteiger partial charge in [0.2, 0.25) is 26.6 Å². The van der Waals surface area contributed by atoms with Crippen LogP contribution >= 0.6 is 0 Å². The predicted molar refractivity (Wildman–Crippen MR) is 101 cm³/mol. The summed E-state index contributed by atoms with van der Waals surface area (Å²) in [5.41, 5.74) is 2.02. The third kappa shape index (κ3) is 3.80. The topological polar surface area (TPSA) is 72.2 Å². The van der Waals surface area contributed by atoms with Crippen molar-refractivity contribution in [2.75, 3.05) is 5.32 Å². The summed E-state index contributed by atoms with van der Waals surface area (Å²) in [5.74, 6) is 0.554. The molecule has 0 aliphatic rings. The first-order valence-corrected chi connectivity index (χ1v) is 9.96. The van der Waals surface area contributed by atoms with E-state index < -0.39 is 9.84 Å². The molecule has 3 aromatic rings. The molecule has 0 aliphatic carbocycles. The maximum absolute atomic E-state index is 13.1. The molecule has 1 aromatic heterocycles. The molecule has 2 aromatic carbocycles. The normalized spacial score (nSPS) is 11.7. The monoisotopic (exact) mass is 370 g/mol. The van der Waals surface area contributed by atoms with Gasteiger partial charge in [0.1, 0.15) is 0 Å². The zero-order valence-electron chi connectivity index (χ0n) is 15.1. The van der Waals surface area contributed by atoms with Gasteiger partial charge in [0.05, 0.1) is 4.90 Å². The van der Waals surface area contributed by atoms with Crippen molar-refractivity contribution in [2.45, 2.75) is 43.2 Å². The first kappa shape index (κ1) is 18.2. The van der Waals surface area contributed by atoms with Crippen molar-refractivity contribution in [2.24, 2.45) is 0 Å². The Labute approximate surface area is 154 Å². The lowest BCUT2D eigenvalue weighted by Gasteiger charge is -2.06. The number of hydrogen-bond donors (Lipinski definition) is 1. The van der Waals surface area contributed by atoms with E-state index >= 15 is 0 Å². The molecule has 6 heteroatoms. The Hall–Kier alpha value is -2.60. The first-order chi connectivity index (χ1) is 12.4. The van der Waals surface area contributed by atoms with E-state index in [9.17, 15) is 8.42 Å². The molecule has 26 heavy (non-hydrogen) atoms. The van der Waals surface area contributed by atoms with Crippen molar-refractivity contribution < 1.29 is 12.8 Å². The van der Waals surface area contributed by atoms with Crippen LogP contribution in [0.2, 0.25) is 0 Å². The Morgan fingerprint density at radius 3 is 2.31 bits per heavy atom. The highest BCUT2D eigenvalue weighted by Crippen LogP contribution is 2.31. The van der Waals surface area contributed by atoms with Gasteiger partial charge < -0.3 is 9.73 Å². The molecule has 0 saturated carbocycles. The van der Waals surface area contributed by atoms with Crippen LogP contribution in [0.15, 0.2) is 68.9 Å². The van der Waals surface area contributed by atoms with Gasteiger partial charge in [-0.15, -0.1) is 0 Å². The van der Waals surface area contributed by atoms with Crippen LogP contribution in [-0.2, 0) is 16.4 Å². The Balaban J connectivity index is 1.98. The van der Waals surface area contributed by atoms with Crippen molar-refractivity contribution in [3.8, 4) is 0 Å². The van der Waals surface area contributed by atoms with Crippen LogP contribution in [-0.4, -0.2) is 13.4 Å². The molecule has 136 valence electrons. The van der Waals surface area contributed by atoms with Crippen LogP contribution in [0.1, 0.15) is 36.8 Å². The fourth-order valence-corrected chi connectivity index (χ4v) is 3.76. The molecule has 0 fully saturated rings. The second-order valence-electron chi connectivity index (χ2n) is 6.50. The highest BCUT2D eigenvalue weighted by atomic mass is 32.2. The summed E-state index contributed by atoms with van der Waals surface area (Å²) in [6.07, 6.45) is 0. The minimum atomic E-state index is -3.77. The fourth-order valence-electron chi connectivity index (χ4n) is 2.47. The summed E-state index contributed by atoms with van der Waals surface area (Å²) >= 11 is 0. The highest BCUT2D eigenvalue weighted by Gasteiger charge is 2.28. The molecule has 0 atom stereocenters. The van der Waals surface area contributed by atoms with Crippen molar-refractivity contribution in [3.05, 3.63) is 71.6 Å². The zero-order valence-corrected chi connectivity index (χ0v) is 15.9. The number of anilines is 1. The molecule has 1 N–H and O–H groups in total. The molecule has 3 rings (SSSR count). The quantitative estimate of drug-likeness (QED) is 0.689. The number of benzene rings is 2. The van der Waals surface area contributed by atoms with Crippen molar-refractivity contribution in [3.63, 3.8) is 0 Å². The maximum Gasteiger partial charge on any atom is 0.233 e. The van der Waals surface area contributed by atoms with Crippen LogP contribution in [0.4, 0.5) is 5.88 Å². The lowest BCUT2D eigenvalue weighted by atomic mass is 10.2. The van der Waals surface area contributed by atoms with Gasteiger partial charge in [-0.2, -0.15) is 4.98 Å². The van der Waals surface area contributed by atoms with Crippen LogP contribution in [0.5, 0.6) is 0 Å². The van der Waals surface area contributed by atoms with Gasteiger partial charge >= 0.3 is 0 Å². The molecule has 0 aliphatic heterocycles. The van der Waals surface area contributed by atoms with Crippen molar-refractivity contribution in [1.29, 1.82) is 0 Å². The lowest BCUT2D eigenvalue weighted by Crippen LogP contribution is -2.07. The standard InChI is InChI=1S/C20H22N2O3S/c1-14(2)18-22-20(26(23,24)17-11-9-15(3)10-12-17)19(25-18)21-13-16-7-5-4-6-8-16/h4-12,14,21H,13H2,1-3H3. The van der Waals surface area contributed by atoms with E-state index in [1.54, 1.807) is 24.3 Å². The van der Waals surface area contributed by atoms with Crippen LogP contribution < -0.4 is 5.32 Å². The largest absolute Gasteiger partial charge is 0.424 e. The number of sulfone groups is 1. The van der Waals surface area contributed by atoms with E-state index in [0.717, 1.165) is 11.1 Å². The van der Waals surface area contributed by atoms with Crippen LogP contribution in [0.3, 0.4) is 0 Å². The Morgan fingerprint density at radius 2 is 1.69 bits per heavy atom. The van der Waals surface area contributed by atoms with Crippen LogP contribution in [0, 0.1) is 6.92 Å². The van der Waals surface area contributed by atoms with Gasteiger partial charge in [-0.05, 0) is 24.6 Å². The summed E-state index contributed by atoms with van der Waals surface area (Å²) in [6.45, 7) is 6.18. The molecule has 0 unspecified atom stereocenters. The van der Waals surface area contributed by atoms with E-state index in [-0.39, 0.29) is 21.7 Å². The lowest BCUT2D eigenvalue weighted by molar-refractivity contribution is 0.480.